The van der Waals surface area contributed by atoms with Gasteiger partial charge in [-0.25, -0.2) is 0 Å². The molecule has 0 aromatic carbocycles. The molecule has 4 nitrogen and oxygen atoms in total. The molecule has 0 radical (unpaired) electrons. The van der Waals surface area contributed by atoms with E-state index in [4.69, 9.17) is 10.2 Å². The minimum Gasteiger partial charge on any atom is -0.464 e. The van der Waals surface area contributed by atoms with Crippen molar-refractivity contribution >= 4 is 5.91 Å². The highest BCUT2D eigenvalue weighted by molar-refractivity contribution is 5.85. The number of amides is 1. The van der Waals surface area contributed by atoms with Crippen LogP contribution in [0.2, 0.25) is 0 Å². The van der Waals surface area contributed by atoms with Crippen molar-refractivity contribution in [3.05, 3.63) is 23.7 Å². The molecular formula is C13H22N2O2. The SMILES string of the molecule is CCC(N)(CC)C(=O)N(C)Cc1ccc(C)o1. The minimum absolute atomic E-state index is 0.0310. The molecule has 2 N–H and O–H groups in total. The van der Waals surface area contributed by atoms with Crippen LogP contribution in [0.15, 0.2) is 16.5 Å². The summed E-state index contributed by atoms with van der Waals surface area (Å²) in [4.78, 5) is 13.8. The third-order valence-electron chi connectivity index (χ3n) is 3.22. The number of furan rings is 1. The second-order valence-electron chi connectivity index (χ2n) is 4.54. The van der Waals surface area contributed by atoms with Gasteiger partial charge in [-0.15, -0.1) is 0 Å². The van der Waals surface area contributed by atoms with Gasteiger partial charge in [0.05, 0.1) is 12.1 Å². The highest BCUT2D eigenvalue weighted by atomic mass is 16.3. The van der Waals surface area contributed by atoms with E-state index in [1.807, 2.05) is 32.9 Å². The maximum Gasteiger partial charge on any atom is 0.242 e. The molecule has 17 heavy (non-hydrogen) atoms. The molecule has 1 aromatic rings. The average molecular weight is 238 g/mol. The van der Waals surface area contributed by atoms with E-state index in [9.17, 15) is 4.79 Å². The number of nitrogens with zero attached hydrogens (tertiary/aromatic N) is 1. The Morgan fingerprint density at radius 3 is 2.41 bits per heavy atom. The summed E-state index contributed by atoms with van der Waals surface area (Å²) in [6, 6.07) is 3.78. The number of carbonyl (C=O) groups is 1. The van der Waals surface area contributed by atoms with Gasteiger partial charge in [0.2, 0.25) is 5.91 Å². The van der Waals surface area contributed by atoms with Crippen LogP contribution in [0, 0.1) is 6.92 Å². The van der Waals surface area contributed by atoms with E-state index in [0.29, 0.717) is 19.4 Å². The summed E-state index contributed by atoms with van der Waals surface area (Å²) in [6.45, 7) is 6.22. The quantitative estimate of drug-likeness (QED) is 0.854. The second kappa shape index (κ2) is 5.36. The monoisotopic (exact) mass is 238 g/mol. The lowest BCUT2D eigenvalue weighted by molar-refractivity contribution is -0.136. The van der Waals surface area contributed by atoms with E-state index in [2.05, 4.69) is 0 Å². The van der Waals surface area contributed by atoms with Crippen molar-refractivity contribution in [3.63, 3.8) is 0 Å². The number of likely N-dealkylation sites (N-methyl/N-ethyl adjacent to an activating group) is 1. The fraction of sp³-hybridized carbons (Fsp3) is 0.615. The molecule has 0 saturated carbocycles. The van der Waals surface area contributed by atoms with E-state index >= 15 is 0 Å². The van der Waals surface area contributed by atoms with Gasteiger partial charge in [-0.2, -0.15) is 0 Å². The van der Waals surface area contributed by atoms with E-state index in [-0.39, 0.29) is 5.91 Å². The Kier molecular flexibility index (Phi) is 4.34. The van der Waals surface area contributed by atoms with Crippen LogP contribution in [0.5, 0.6) is 0 Å². The average Bonchev–Trinajstić information content (AvgIpc) is 2.72. The van der Waals surface area contributed by atoms with Crippen LogP contribution < -0.4 is 5.73 Å². The van der Waals surface area contributed by atoms with Gasteiger partial charge in [-0.3, -0.25) is 4.79 Å². The standard InChI is InChI=1S/C13H22N2O2/c1-5-13(14,6-2)12(16)15(4)9-11-8-7-10(3)17-11/h7-8H,5-6,9,14H2,1-4H3. The first-order valence-electron chi connectivity index (χ1n) is 6.02. The Hall–Kier alpha value is -1.29. The molecule has 0 unspecified atom stereocenters. The lowest BCUT2D eigenvalue weighted by atomic mass is 9.92. The molecule has 0 aliphatic rings. The molecule has 96 valence electrons. The molecular weight excluding hydrogens is 216 g/mol. The predicted molar refractivity (Wildman–Crippen MR) is 67.4 cm³/mol. The van der Waals surface area contributed by atoms with Crippen LogP contribution in [0.4, 0.5) is 0 Å². The summed E-state index contributed by atoms with van der Waals surface area (Å²) in [5, 5.41) is 0. The van der Waals surface area contributed by atoms with Gasteiger partial charge in [-0.05, 0) is 31.9 Å². The zero-order chi connectivity index (χ0) is 13.1. The van der Waals surface area contributed by atoms with Crippen molar-refractivity contribution in [1.29, 1.82) is 0 Å². The first kappa shape index (κ1) is 13.8. The number of hydrogen-bond acceptors (Lipinski definition) is 3. The highest BCUT2D eigenvalue weighted by Gasteiger charge is 2.32. The number of carbonyl (C=O) groups excluding carboxylic acids is 1. The van der Waals surface area contributed by atoms with Crippen molar-refractivity contribution in [3.8, 4) is 0 Å². The molecule has 4 heteroatoms. The van der Waals surface area contributed by atoms with Gasteiger partial charge in [0.15, 0.2) is 0 Å². The number of aryl methyl sites for hydroxylation is 1. The van der Waals surface area contributed by atoms with Gasteiger partial charge >= 0.3 is 0 Å². The first-order chi connectivity index (χ1) is 7.92. The zero-order valence-corrected chi connectivity index (χ0v) is 11.1. The number of nitrogens with two attached hydrogens (primary N) is 1. The third kappa shape index (κ3) is 3.09. The Morgan fingerprint density at radius 2 is 2.00 bits per heavy atom. The van der Waals surface area contributed by atoms with Crippen molar-refractivity contribution in [2.45, 2.75) is 45.7 Å². The molecule has 1 aromatic heterocycles. The second-order valence-corrected chi connectivity index (χ2v) is 4.54. The van der Waals surface area contributed by atoms with Crippen LogP contribution in [0.1, 0.15) is 38.2 Å². The maximum absolute atomic E-state index is 12.2. The molecule has 0 aliphatic heterocycles. The first-order valence-corrected chi connectivity index (χ1v) is 6.02. The van der Waals surface area contributed by atoms with E-state index in [1.165, 1.54) is 0 Å². The molecule has 1 rings (SSSR count). The van der Waals surface area contributed by atoms with Crippen LogP contribution in [-0.4, -0.2) is 23.4 Å². The lowest BCUT2D eigenvalue weighted by Gasteiger charge is -2.30. The highest BCUT2D eigenvalue weighted by Crippen LogP contribution is 2.16. The fourth-order valence-electron chi connectivity index (χ4n) is 1.81. The predicted octanol–water partition coefficient (Wildman–Crippen LogP) is 2.06. The Bertz CT molecular complexity index is 381. The molecule has 0 atom stereocenters. The minimum atomic E-state index is -0.754. The molecule has 0 saturated heterocycles. The molecule has 1 heterocycles. The zero-order valence-electron chi connectivity index (χ0n) is 11.1. The van der Waals surface area contributed by atoms with E-state index in [1.54, 1.807) is 11.9 Å². The lowest BCUT2D eigenvalue weighted by Crippen LogP contribution is -2.53. The Morgan fingerprint density at radius 1 is 1.41 bits per heavy atom. The summed E-state index contributed by atoms with van der Waals surface area (Å²) >= 11 is 0. The topological polar surface area (TPSA) is 59.5 Å². The van der Waals surface area contributed by atoms with E-state index in [0.717, 1.165) is 11.5 Å². The van der Waals surface area contributed by atoms with E-state index < -0.39 is 5.54 Å². The molecule has 1 amide bonds. The van der Waals surface area contributed by atoms with Crippen LogP contribution in [-0.2, 0) is 11.3 Å². The Labute approximate surface area is 103 Å². The maximum atomic E-state index is 12.2. The molecule has 0 bridgehead atoms. The smallest absolute Gasteiger partial charge is 0.242 e. The summed E-state index contributed by atoms with van der Waals surface area (Å²) in [7, 11) is 1.76. The molecule has 0 spiro atoms. The van der Waals surface area contributed by atoms with Crippen LogP contribution >= 0.6 is 0 Å². The molecule has 0 aliphatic carbocycles. The summed E-state index contributed by atoms with van der Waals surface area (Å²) in [6.07, 6.45) is 1.29. The summed E-state index contributed by atoms with van der Waals surface area (Å²) in [5.74, 6) is 1.61. The van der Waals surface area contributed by atoms with Gasteiger partial charge in [0, 0.05) is 7.05 Å². The Balaban J connectivity index is 2.70. The van der Waals surface area contributed by atoms with Crippen molar-refractivity contribution < 1.29 is 9.21 Å². The van der Waals surface area contributed by atoms with Crippen molar-refractivity contribution in [2.75, 3.05) is 7.05 Å². The summed E-state index contributed by atoms with van der Waals surface area (Å²) in [5.41, 5.74) is 5.32. The van der Waals surface area contributed by atoms with Crippen LogP contribution in [0.3, 0.4) is 0 Å². The fourth-order valence-corrected chi connectivity index (χ4v) is 1.81. The molecule has 0 fully saturated rings. The largest absolute Gasteiger partial charge is 0.464 e. The summed E-state index contributed by atoms with van der Waals surface area (Å²) < 4.78 is 5.45. The third-order valence-corrected chi connectivity index (χ3v) is 3.22. The van der Waals surface area contributed by atoms with Crippen molar-refractivity contribution in [1.82, 2.24) is 4.90 Å². The normalized spacial score (nSPS) is 11.6. The number of rotatable bonds is 5. The van der Waals surface area contributed by atoms with Gasteiger partial charge < -0.3 is 15.1 Å². The van der Waals surface area contributed by atoms with Gasteiger partial charge in [0.25, 0.3) is 0 Å². The van der Waals surface area contributed by atoms with Gasteiger partial charge in [0.1, 0.15) is 11.5 Å². The van der Waals surface area contributed by atoms with Gasteiger partial charge in [-0.1, -0.05) is 13.8 Å². The number of hydrogen-bond donors (Lipinski definition) is 1. The van der Waals surface area contributed by atoms with Crippen LogP contribution in [0.25, 0.3) is 0 Å². The van der Waals surface area contributed by atoms with Crippen molar-refractivity contribution in [2.24, 2.45) is 5.73 Å².